The number of fused-ring (bicyclic) bond motifs is 4. The average molecular weight is 423 g/mol. The third kappa shape index (κ3) is 3.15. The van der Waals surface area contributed by atoms with Gasteiger partial charge in [0, 0.05) is 12.0 Å². The van der Waals surface area contributed by atoms with Crippen LogP contribution in [0.25, 0.3) is 10.8 Å². The van der Waals surface area contributed by atoms with E-state index in [2.05, 4.69) is 42.7 Å². The topological polar surface area (TPSA) is 54.8 Å². The van der Waals surface area contributed by atoms with Gasteiger partial charge in [-0.25, -0.2) is 0 Å². The van der Waals surface area contributed by atoms with Crippen molar-refractivity contribution in [3.05, 3.63) is 58.0 Å². The summed E-state index contributed by atoms with van der Waals surface area (Å²) in [6, 6.07) is 12.9. The monoisotopic (exact) mass is 422 g/mol. The summed E-state index contributed by atoms with van der Waals surface area (Å²) in [5, 5.41) is 10.1. The fraction of sp³-hybridized carbons (Fsp3) is 0.375. The minimum Gasteiger partial charge on any atom is -0.493 e. The minimum absolute atomic E-state index is 0.0228. The van der Waals surface area contributed by atoms with Gasteiger partial charge in [-0.2, -0.15) is 0 Å². The average Bonchev–Trinajstić information content (AvgIpc) is 3.11. The van der Waals surface area contributed by atoms with Gasteiger partial charge in [0.05, 0.1) is 29.6 Å². The van der Waals surface area contributed by atoms with Gasteiger partial charge >= 0.3 is 0 Å². The summed E-state index contributed by atoms with van der Waals surface area (Å²) in [5.41, 5.74) is 3.09. The molecule has 2 aliphatic heterocycles. The summed E-state index contributed by atoms with van der Waals surface area (Å²) in [6.07, 6.45) is 0.652. The Labute approximate surface area is 181 Å². The Morgan fingerprint density at radius 2 is 2.03 bits per heavy atom. The van der Waals surface area contributed by atoms with Crippen molar-refractivity contribution in [1.29, 1.82) is 0 Å². The molecule has 6 heteroatoms. The second-order valence-corrected chi connectivity index (χ2v) is 9.49. The summed E-state index contributed by atoms with van der Waals surface area (Å²) < 4.78 is 5.95. The summed E-state index contributed by atoms with van der Waals surface area (Å²) in [5.74, 6) is 0.837. The number of amides is 1. The molecule has 0 fully saturated rings. The Balaban J connectivity index is 1.56. The number of benzene rings is 2. The number of quaternary nitrogens is 1. The maximum atomic E-state index is 13.2. The molecule has 5 rings (SSSR count). The van der Waals surface area contributed by atoms with Crippen molar-refractivity contribution in [3.63, 3.8) is 0 Å². The van der Waals surface area contributed by atoms with E-state index in [9.17, 15) is 4.79 Å². The molecule has 156 valence electrons. The first-order chi connectivity index (χ1) is 14.6. The zero-order valence-corrected chi connectivity index (χ0v) is 18.5. The summed E-state index contributed by atoms with van der Waals surface area (Å²) >= 11 is 1.75. The molecular formula is C24H28N3O2S+. The second kappa shape index (κ2) is 7.60. The van der Waals surface area contributed by atoms with Crippen LogP contribution in [0.3, 0.4) is 0 Å². The van der Waals surface area contributed by atoms with Crippen LogP contribution in [0.4, 0.5) is 5.00 Å². The van der Waals surface area contributed by atoms with Crippen molar-refractivity contribution < 1.29 is 14.4 Å². The first-order valence-corrected chi connectivity index (χ1v) is 11.6. The van der Waals surface area contributed by atoms with Crippen LogP contribution in [0, 0.1) is 0 Å². The molecule has 0 radical (unpaired) electrons. The second-order valence-electron chi connectivity index (χ2n) is 8.38. The normalized spacial score (nSPS) is 20.5. The minimum atomic E-state index is -0.314. The predicted octanol–water partition coefficient (Wildman–Crippen LogP) is 3.50. The van der Waals surface area contributed by atoms with E-state index in [-0.39, 0.29) is 12.1 Å². The van der Waals surface area contributed by atoms with Crippen LogP contribution in [0.5, 0.6) is 5.75 Å². The first kappa shape index (κ1) is 19.4. The SMILES string of the molecule is CCOc1ccc2ccccc2c1[C@H]1NC(=O)c2c(sc3c2CC[NH+](C(C)C)C3)N1. The van der Waals surface area contributed by atoms with E-state index in [1.165, 1.54) is 10.4 Å². The Morgan fingerprint density at radius 3 is 2.83 bits per heavy atom. The molecule has 0 aliphatic carbocycles. The Bertz CT molecular complexity index is 1120. The Morgan fingerprint density at radius 1 is 1.20 bits per heavy atom. The number of hydrogen-bond acceptors (Lipinski definition) is 4. The zero-order valence-electron chi connectivity index (χ0n) is 17.7. The maximum Gasteiger partial charge on any atom is 0.256 e. The Hall–Kier alpha value is -2.57. The van der Waals surface area contributed by atoms with Crippen LogP contribution >= 0.6 is 11.3 Å². The van der Waals surface area contributed by atoms with E-state index in [4.69, 9.17) is 4.74 Å². The molecule has 0 bridgehead atoms. The molecule has 3 heterocycles. The lowest BCUT2D eigenvalue weighted by Gasteiger charge is -2.30. The van der Waals surface area contributed by atoms with Crippen LogP contribution in [-0.2, 0) is 13.0 Å². The van der Waals surface area contributed by atoms with E-state index >= 15 is 0 Å². The largest absolute Gasteiger partial charge is 0.493 e. The molecule has 1 unspecified atom stereocenters. The number of rotatable bonds is 4. The van der Waals surface area contributed by atoms with E-state index < -0.39 is 0 Å². The summed E-state index contributed by atoms with van der Waals surface area (Å²) in [4.78, 5) is 16.2. The van der Waals surface area contributed by atoms with E-state index in [1.54, 1.807) is 16.2 Å². The van der Waals surface area contributed by atoms with Gasteiger partial charge in [0.1, 0.15) is 23.5 Å². The van der Waals surface area contributed by atoms with Crippen LogP contribution in [0.15, 0.2) is 36.4 Å². The van der Waals surface area contributed by atoms with Crippen molar-refractivity contribution in [2.75, 3.05) is 18.5 Å². The zero-order chi connectivity index (χ0) is 20.8. The fourth-order valence-corrected chi connectivity index (χ4v) is 6.03. The molecule has 5 nitrogen and oxygen atoms in total. The molecule has 3 aromatic rings. The maximum absolute atomic E-state index is 13.2. The molecule has 1 amide bonds. The van der Waals surface area contributed by atoms with Crippen molar-refractivity contribution in [3.8, 4) is 5.75 Å². The fourth-order valence-electron chi connectivity index (χ4n) is 4.70. The van der Waals surface area contributed by atoms with Gasteiger partial charge in [-0.05, 0) is 43.2 Å². The van der Waals surface area contributed by atoms with Gasteiger partial charge < -0.3 is 20.3 Å². The number of anilines is 1. The van der Waals surface area contributed by atoms with Gasteiger partial charge in [0.25, 0.3) is 5.91 Å². The van der Waals surface area contributed by atoms with Crippen molar-refractivity contribution >= 4 is 33.0 Å². The highest BCUT2D eigenvalue weighted by molar-refractivity contribution is 7.16. The lowest BCUT2D eigenvalue weighted by atomic mass is 9.97. The summed E-state index contributed by atoms with van der Waals surface area (Å²) in [7, 11) is 0. The quantitative estimate of drug-likeness (QED) is 0.603. The van der Waals surface area contributed by atoms with Gasteiger partial charge in [-0.3, -0.25) is 4.79 Å². The van der Waals surface area contributed by atoms with Crippen LogP contribution < -0.4 is 20.3 Å². The van der Waals surface area contributed by atoms with Crippen molar-refractivity contribution in [2.45, 2.75) is 45.9 Å². The van der Waals surface area contributed by atoms with E-state index in [0.29, 0.717) is 12.6 Å². The molecule has 30 heavy (non-hydrogen) atoms. The highest BCUT2D eigenvalue weighted by atomic mass is 32.1. The number of thiophene rings is 1. The lowest BCUT2D eigenvalue weighted by molar-refractivity contribution is -0.936. The van der Waals surface area contributed by atoms with Crippen molar-refractivity contribution in [1.82, 2.24) is 5.32 Å². The van der Waals surface area contributed by atoms with Gasteiger partial charge in [0.2, 0.25) is 0 Å². The highest BCUT2D eigenvalue weighted by Gasteiger charge is 2.36. The molecular weight excluding hydrogens is 394 g/mol. The lowest BCUT2D eigenvalue weighted by Crippen LogP contribution is -3.14. The van der Waals surface area contributed by atoms with Crippen LogP contribution in [0.2, 0.25) is 0 Å². The molecule has 2 aromatic carbocycles. The van der Waals surface area contributed by atoms with Crippen LogP contribution in [-0.4, -0.2) is 25.1 Å². The van der Waals surface area contributed by atoms with Gasteiger partial charge in [0.15, 0.2) is 0 Å². The van der Waals surface area contributed by atoms with Gasteiger partial charge in [-0.1, -0.05) is 30.3 Å². The molecule has 0 saturated carbocycles. The third-order valence-electron chi connectivity index (χ3n) is 6.29. The first-order valence-electron chi connectivity index (χ1n) is 10.8. The molecule has 1 aromatic heterocycles. The van der Waals surface area contributed by atoms with Gasteiger partial charge in [-0.15, -0.1) is 11.3 Å². The van der Waals surface area contributed by atoms with Crippen LogP contribution in [0.1, 0.15) is 53.3 Å². The smallest absolute Gasteiger partial charge is 0.256 e. The third-order valence-corrected chi connectivity index (χ3v) is 7.45. The molecule has 0 spiro atoms. The number of carbonyl (C=O) groups is 1. The highest BCUT2D eigenvalue weighted by Crippen LogP contribution is 2.42. The summed E-state index contributed by atoms with van der Waals surface area (Å²) in [6.45, 7) is 9.19. The molecule has 3 N–H and O–H groups in total. The predicted molar refractivity (Wildman–Crippen MR) is 122 cm³/mol. The number of carbonyl (C=O) groups excluding carboxylic acids is 1. The number of ether oxygens (including phenoxy) is 1. The number of hydrogen-bond donors (Lipinski definition) is 3. The number of nitrogens with one attached hydrogen (secondary N) is 3. The Kier molecular flexibility index (Phi) is 4.91. The standard InChI is InChI=1S/C24H27N3O2S/c1-4-29-18-10-9-15-7-5-6-8-16(15)20(18)22-25-23(28)21-17-11-12-27(14(2)3)13-19(17)30-24(21)26-22/h5-10,14,22,26H,4,11-13H2,1-3H3,(H,25,28)/p+1/t22-/m0/s1. The molecule has 0 saturated heterocycles. The van der Waals surface area contributed by atoms with E-state index in [1.807, 2.05) is 25.1 Å². The molecule has 2 atom stereocenters. The van der Waals surface area contributed by atoms with E-state index in [0.717, 1.165) is 52.2 Å². The molecule has 2 aliphatic rings. The van der Waals surface area contributed by atoms with Crippen molar-refractivity contribution in [2.24, 2.45) is 0 Å².